The van der Waals surface area contributed by atoms with E-state index in [9.17, 15) is 36.3 Å². The molecular weight excluding hydrogens is 639 g/mol. The minimum absolute atomic E-state index is 0.0110. The van der Waals surface area contributed by atoms with Crippen molar-refractivity contribution in [2.24, 2.45) is 5.92 Å². The number of rotatable bonds is 9. The van der Waals surface area contributed by atoms with Crippen molar-refractivity contribution in [3.63, 3.8) is 0 Å². The van der Waals surface area contributed by atoms with Crippen LogP contribution in [0.1, 0.15) is 68.8 Å². The molecule has 2 N–H and O–H groups in total. The van der Waals surface area contributed by atoms with Gasteiger partial charge in [0, 0.05) is 44.8 Å². The number of ether oxygens (including phenoxy) is 2. The summed E-state index contributed by atoms with van der Waals surface area (Å²) in [5.41, 5.74) is 1.11. The van der Waals surface area contributed by atoms with Crippen LogP contribution in [0.4, 0.5) is 18.9 Å². The van der Waals surface area contributed by atoms with E-state index in [0.717, 1.165) is 12.0 Å². The first-order valence-corrected chi connectivity index (χ1v) is 17.2. The van der Waals surface area contributed by atoms with Crippen LogP contribution in [0.5, 0.6) is 5.75 Å². The molecule has 10 nitrogen and oxygen atoms in total. The van der Waals surface area contributed by atoms with Gasteiger partial charge in [-0.3, -0.25) is 9.59 Å². The number of halogens is 3. The number of aliphatic hydroxyl groups is 1. The number of sulfonamides is 1. The van der Waals surface area contributed by atoms with Crippen LogP contribution in [-0.2, 0) is 19.6 Å². The lowest BCUT2D eigenvalue weighted by molar-refractivity contribution is -0.142. The van der Waals surface area contributed by atoms with E-state index in [1.54, 1.807) is 31.2 Å². The van der Waals surface area contributed by atoms with Gasteiger partial charge < -0.3 is 24.8 Å². The summed E-state index contributed by atoms with van der Waals surface area (Å²) in [5, 5.41) is 12.6. The van der Waals surface area contributed by atoms with Crippen molar-refractivity contribution >= 4 is 27.5 Å². The Bertz CT molecular complexity index is 1450. The summed E-state index contributed by atoms with van der Waals surface area (Å²) < 4.78 is 78.4. The monoisotopic (exact) mass is 685 g/mol. The Hall–Kier alpha value is -3.20. The molecule has 0 fully saturated rings. The molecule has 2 aromatic rings. The molecule has 0 saturated heterocycles. The van der Waals surface area contributed by atoms with E-state index in [1.165, 1.54) is 34.5 Å². The molecule has 0 bridgehead atoms. The molecule has 14 heteroatoms. The smallest absolute Gasteiger partial charge is 0.389 e. The highest BCUT2D eigenvalue weighted by molar-refractivity contribution is 7.89. The van der Waals surface area contributed by atoms with Gasteiger partial charge in [-0.2, -0.15) is 17.5 Å². The molecule has 262 valence electrons. The first-order valence-electron chi connectivity index (χ1n) is 15.8. The highest BCUT2D eigenvalue weighted by Crippen LogP contribution is 2.29. The Morgan fingerprint density at radius 1 is 1.15 bits per heavy atom. The molecule has 3 rings (SSSR count). The number of benzene rings is 2. The number of fused-ring (bicyclic) bond motifs is 1. The lowest BCUT2D eigenvalue weighted by Crippen LogP contribution is -2.48. The highest BCUT2D eigenvalue weighted by atomic mass is 32.2. The minimum atomic E-state index is -4.49. The van der Waals surface area contributed by atoms with Gasteiger partial charge in [0.05, 0.1) is 41.7 Å². The van der Waals surface area contributed by atoms with Crippen molar-refractivity contribution in [2.45, 2.75) is 89.1 Å². The Morgan fingerprint density at radius 3 is 2.47 bits per heavy atom. The molecule has 1 aliphatic heterocycles. The molecule has 1 heterocycles. The molecule has 1 aliphatic rings. The third-order valence-electron chi connectivity index (χ3n) is 8.14. The Balaban J connectivity index is 1.94. The summed E-state index contributed by atoms with van der Waals surface area (Å²) in [7, 11) is -2.36. The fraction of sp³-hybridized carbons (Fsp3) is 0.576. The standard InChI is InChI=1S/C33H46F3N3O7S/c1-22-9-12-27(13-10-22)47(43,44)38(5)20-30-23(2)19-39(24(3)21-40)32(42)28-18-26(37-31(41)15-16-33(34,35)36)11-14-29(28)46-25(4)8-6-7-17-45-30/h9-14,18,23-25,30,40H,6-8,15-17,19-21H2,1-5H3,(H,37,41)/t23-,24-,25+,30+/m1/s1. The van der Waals surface area contributed by atoms with Crippen LogP contribution in [0, 0.1) is 12.8 Å². The van der Waals surface area contributed by atoms with Crippen molar-refractivity contribution in [2.75, 3.05) is 38.7 Å². The number of hydrogen-bond acceptors (Lipinski definition) is 7. The number of anilines is 1. The third-order valence-corrected chi connectivity index (χ3v) is 9.97. The van der Waals surface area contributed by atoms with Crippen LogP contribution in [0.15, 0.2) is 47.4 Å². The SMILES string of the molecule is Cc1ccc(S(=O)(=O)N(C)C[C@@H]2OCCCC[C@H](C)Oc3ccc(NC(=O)CCC(F)(F)F)cc3C(=O)N([C@H](C)CO)C[C@H]2C)cc1. The average molecular weight is 686 g/mol. The fourth-order valence-corrected chi connectivity index (χ4v) is 6.37. The number of carbonyl (C=O) groups excluding carboxylic acids is 2. The molecule has 0 spiro atoms. The van der Waals surface area contributed by atoms with E-state index in [2.05, 4.69) is 5.32 Å². The van der Waals surface area contributed by atoms with Crippen LogP contribution in [0.2, 0.25) is 0 Å². The molecule has 47 heavy (non-hydrogen) atoms. The van der Waals surface area contributed by atoms with Crippen LogP contribution < -0.4 is 10.1 Å². The molecular formula is C33H46F3N3O7S. The van der Waals surface area contributed by atoms with E-state index >= 15 is 0 Å². The van der Waals surface area contributed by atoms with Crippen LogP contribution in [0.3, 0.4) is 0 Å². The zero-order valence-electron chi connectivity index (χ0n) is 27.5. The molecule has 0 radical (unpaired) electrons. The van der Waals surface area contributed by atoms with E-state index in [1.807, 2.05) is 20.8 Å². The van der Waals surface area contributed by atoms with Gasteiger partial charge >= 0.3 is 6.18 Å². The van der Waals surface area contributed by atoms with Crippen LogP contribution in [-0.4, -0.2) is 92.3 Å². The number of amides is 2. The van der Waals surface area contributed by atoms with Gasteiger partial charge in [0.1, 0.15) is 5.75 Å². The van der Waals surface area contributed by atoms with Gasteiger partial charge in [-0.25, -0.2) is 8.42 Å². The predicted octanol–water partition coefficient (Wildman–Crippen LogP) is 5.39. The molecule has 2 aromatic carbocycles. The average Bonchev–Trinajstić information content (AvgIpc) is 3.01. The number of aryl methyl sites for hydroxylation is 1. The van der Waals surface area contributed by atoms with E-state index < -0.39 is 58.9 Å². The predicted molar refractivity (Wildman–Crippen MR) is 172 cm³/mol. The largest absolute Gasteiger partial charge is 0.490 e. The Kier molecular flexibility index (Phi) is 13.6. The summed E-state index contributed by atoms with van der Waals surface area (Å²) in [6, 6.07) is 10.2. The maximum absolute atomic E-state index is 14.2. The van der Waals surface area contributed by atoms with Gasteiger partial charge in [0.25, 0.3) is 5.91 Å². The van der Waals surface area contributed by atoms with Crippen molar-refractivity contribution in [3.8, 4) is 5.75 Å². The number of aliphatic hydroxyl groups excluding tert-OH is 1. The maximum Gasteiger partial charge on any atom is 0.389 e. The van der Waals surface area contributed by atoms with Gasteiger partial charge in [0.2, 0.25) is 15.9 Å². The summed E-state index contributed by atoms with van der Waals surface area (Å²) in [6.07, 6.45) is -5.46. The van der Waals surface area contributed by atoms with Crippen molar-refractivity contribution in [3.05, 3.63) is 53.6 Å². The Morgan fingerprint density at radius 2 is 1.83 bits per heavy atom. The van der Waals surface area contributed by atoms with Crippen molar-refractivity contribution < 1.29 is 45.8 Å². The number of hydrogen-bond donors (Lipinski definition) is 2. The molecule has 0 unspecified atom stereocenters. The normalized spacial score (nSPS) is 21.0. The topological polar surface area (TPSA) is 125 Å². The maximum atomic E-state index is 14.2. The zero-order valence-corrected chi connectivity index (χ0v) is 28.4. The first-order chi connectivity index (χ1) is 22.0. The molecule has 2 amide bonds. The molecule has 4 atom stereocenters. The lowest BCUT2D eigenvalue weighted by Gasteiger charge is -2.35. The molecule has 0 saturated carbocycles. The number of nitrogens with zero attached hydrogens (tertiary/aromatic N) is 2. The number of nitrogens with one attached hydrogen (secondary N) is 1. The van der Waals surface area contributed by atoms with Gasteiger partial charge in [0.15, 0.2) is 0 Å². The van der Waals surface area contributed by atoms with E-state index in [-0.39, 0.29) is 47.7 Å². The van der Waals surface area contributed by atoms with E-state index in [4.69, 9.17) is 9.47 Å². The van der Waals surface area contributed by atoms with Gasteiger partial charge in [-0.05, 0) is 70.4 Å². The second kappa shape index (κ2) is 16.8. The van der Waals surface area contributed by atoms with Gasteiger partial charge in [-0.1, -0.05) is 24.6 Å². The zero-order chi connectivity index (χ0) is 34.9. The third kappa shape index (κ3) is 11.2. The first kappa shape index (κ1) is 38.2. The van der Waals surface area contributed by atoms with Gasteiger partial charge in [-0.15, -0.1) is 0 Å². The summed E-state index contributed by atoms with van der Waals surface area (Å²) in [4.78, 5) is 28.0. The molecule has 0 aromatic heterocycles. The van der Waals surface area contributed by atoms with Crippen LogP contribution in [0.25, 0.3) is 0 Å². The number of alkyl halides is 3. The fourth-order valence-electron chi connectivity index (χ4n) is 5.18. The number of carbonyl (C=O) groups is 2. The summed E-state index contributed by atoms with van der Waals surface area (Å²) in [5.74, 6) is -1.57. The second-order valence-corrected chi connectivity index (χ2v) is 14.3. The van der Waals surface area contributed by atoms with Crippen molar-refractivity contribution in [1.29, 1.82) is 0 Å². The van der Waals surface area contributed by atoms with Crippen molar-refractivity contribution in [1.82, 2.24) is 9.21 Å². The summed E-state index contributed by atoms with van der Waals surface area (Å²) in [6.45, 7) is 7.26. The number of likely N-dealkylation sites (N-methyl/N-ethyl adjacent to an activating group) is 1. The highest BCUT2D eigenvalue weighted by Gasteiger charge is 2.33. The lowest BCUT2D eigenvalue weighted by atomic mass is 10.0. The Labute approximate surface area is 275 Å². The van der Waals surface area contributed by atoms with E-state index in [0.29, 0.717) is 19.4 Å². The summed E-state index contributed by atoms with van der Waals surface area (Å²) >= 11 is 0. The second-order valence-electron chi connectivity index (χ2n) is 12.3. The quantitative estimate of drug-likeness (QED) is 0.363. The minimum Gasteiger partial charge on any atom is -0.490 e. The molecule has 0 aliphatic carbocycles. The van der Waals surface area contributed by atoms with Crippen LogP contribution >= 0.6 is 0 Å².